The Morgan fingerprint density at radius 1 is 1.12 bits per heavy atom. The Morgan fingerprint density at radius 2 is 1.83 bits per heavy atom. The molecule has 0 saturated carbocycles. The molecule has 1 saturated heterocycles. The van der Waals surface area contributed by atoms with Crippen LogP contribution in [0.25, 0.3) is 0 Å². The van der Waals surface area contributed by atoms with Crippen molar-refractivity contribution in [3.05, 3.63) is 66.0 Å². The van der Waals surface area contributed by atoms with E-state index in [9.17, 15) is 14.0 Å². The van der Waals surface area contributed by atoms with Gasteiger partial charge in [0.1, 0.15) is 5.82 Å². The van der Waals surface area contributed by atoms with Crippen LogP contribution in [-0.4, -0.2) is 29.8 Å². The number of hydrogen-bond acceptors (Lipinski definition) is 2. The molecule has 1 atom stereocenters. The molecule has 124 valence electrons. The molecule has 3 rings (SSSR count). The normalized spacial score (nSPS) is 17.1. The molecule has 1 aliphatic rings. The first-order chi connectivity index (χ1) is 11.6. The van der Waals surface area contributed by atoms with Crippen molar-refractivity contribution < 1.29 is 14.0 Å². The zero-order chi connectivity index (χ0) is 16.9. The zero-order valence-electron chi connectivity index (χ0n) is 13.2. The van der Waals surface area contributed by atoms with Crippen molar-refractivity contribution in [3.63, 3.8) is 0 Å². The first kappa shape index (κ1) is 16.2. The van der Waals surface area contributed by atoms with Gasteiger partial charge in [0.25, 0.3) is 0 Å². The lowest BCUT2D eigenvalue weighted by Crippen LogP contribution is -2.30. The first-order valence-electron chi connectivity index (χ1n) is 8.00. The van der Waals surface area contributed by atoms with Gasteiger partial charge < -0.3 is 10.2 Å². The molecular weight excluding hydrogens is 307 g/mol. The minimum atomic E-state index is -0.363. The molecule has 1 heterocycles. The second-order valence-electron chi connectivity index (χ2n) is 5.97. The van der Waals surface area contributed by atoms with E-state index in [0.717, 1.165) is 6.42 Å². The molecule has 24 heavy (non-hydrogen) atoms. The van der Waals surface area contributed by atoms with E-state index in [1.165, 1.54) is 29.8 Å². The van der Waals surface area contributed by atoms with Crippen molar-refractivity contribution in [3.8, 4) is 0 Å². The number of carbonyl (C=O) groups is 2. The zero-order valence-corrected chi connectivity index (χ0v) is 13.2. The Kier molecular flexibility index (Phi) is 4.89. The molecule has 0 spiro atoms. The minimum Gasteiger partial charge on any atom is -0.342 e. The topological polar surface area (TPSA) is 49.4 Å². The lowest BCUT2D eigenvalue weighted by Gasteiger charge is -2.16. The molecule has 0 aliphatic carbocycles. The van der Waals surface area contributed by atoms with Crippen LogP contribution in [0.5, 0.6) is 0 Å². The summed E-state index contributed by atoms with van der Waals surface area (Å²) < 4.78 is 12.9. The van der Waals surface area contributed by atoms with Crippen LogP contribution >= 0.6 is 0 Å². The highest BCUT2D eigenvalue weighted by Gasteiger charge is 2.33. The number of rotatable bonds is 5. The van der Waals surface area contributed by atoms with Crippen LogP contribution in [0, 0.1) is 11.7 Å². The van der Waals surface area contributed by atoms with Gasteiger partial charge in [-0.3, -0.25) is 9.59 Å². The van der Waals surface area contributed by atoms with Crippen molar-refractivity contribution in [2.75, 3.05) is 18.4 Å². The van der Waals surface area contributed by atoms with Gasteiger partial charge in [-0.05, 0) is 36.2 Å². The van der Waals surface area contributed by atoms with Crippen LogP contribution in [0.1, 0.15) is 12.0 Å². The number of carbonyl (C=O) groups excluding carboxylic acids is 2. The molecule has 1 aliphatic heterocycles. The molecule has 0 unspecified atom stereocenters. The van der Waals surface area contributed by atoms with Gasteiger partial charge >= 0.3 is 0 Å². The van der Waals surface area contributed by atoms with E-state index in [0.29, 0.717) is 18.8 Å². The molecule has 4 nitrogen and oxygen atoms in total. The van der Waals surface area contributed by atoms with Gasteiger partial charge in [0.05, 0.1) is 5.92 Å². The van der Waals surface area contributed by atoms with E-state index in [1.54, 1.807) is 4.90 Å². The predicted octanol–water partition coefficient (Wildman–Crippen LogP) is 2.86. The fourth-order valence-electron chi connectivity index (χ4n) is 2.85. The van der Waals surface area contributed by atoms with Crippen molar-refractivity contribution >= 4 is 17.5 Å². The second-order valence-corrected chi connectivity index (χ2v) is 5.97. The third kappa shape index (κ3) is 3.98. The van der Waals surface area contributed by atoms with Gasteiger partial charge in [0.2, 0.25) is 11.8 Å². The van der Waals surface area contributed by atoms with Crippen LogP contribution in [0.2, 0.25) is 0 Å². The van der Waals surface area contributed by atoms with Gasteiger partial charge in [0.15, 0.2) is 0 Å². The molecular formula is C19H19FN2O2. The van der Waals surface area contributed by atoms with Crippen molar-refractivity contribution in [2.45, 2.75) is 12.8 Å². The minimum absolute atomic E-state index is 0.00480. The number of likely N-dealkylation sites (tertiary alicyclic amines) is 1. The maximum atomic E-state index is 12.9. The predicted molar refractivity (Wildman–Crippen MR) is 89.9 cm³/mol. The highest BCUT2D eigenvalue weighted by Crippen LogP contribution is 2.20. The van der Waals surface area contributed by atoms with Crippen molar-refractivity contribution in [1.82, 2.24) is 4.90 Å². The second kappa shape index (κ2) is 7.25. The average Bonchev–Trinajstić information content (AvgIpc) is 2.97. The van der Waals surface area contributed by atoms with Gasteiger partial charge in [-0.2, -0.15) is 0 Å². The lowest BCUT2D eigenvalue weighted by molar-refractivity contribution is -0.128. The van der Waals surface area contributed by atoms with E-state index in [4.69, 9.17) is 0 Å². The van der Waals surface area contributed by atoms with E-state index in [2.05, 4.69) is 5.32 Å². The van der Waals surface area contributed by atoms with Gasteiger partial charge in [-0.25, -0.2) is 4.39 Å². The maximum absolute atomic E-state index is 12.9. The number of nitrogens with one attached hydrogen (secondary N) is 1. The molecule has 1 fully saturated rings. The van der Waals surface area contributed by atoms with Crippen LogP contribution in [0.15, 0.2) is 54.6 Å². The fourth-order valence-corrected chi connectivity index (χ4v) is 2.85. The molecule has 2 aromatic rings. The Hall–Kier alpha value is -2.69. The van der Waals surface area contributed by atoms with Crippen molar-refractivity contribution in [2.24, 2.45) is 5.92 Å². The summed E-state index contributed by atoms with van der Waals surface area (Å²) in [7, 11) is 0. The highest BCUT2D eigenvalue weighted by atomic mass is 19.1. The number of anilines is 1. The summed E-state index contributed by atoms with van der Waals surface area (Å²) in [5.41, 5.74) is 1.71. The Balaban J connectivity index is 1.53. The van der Waals surface area contributed by atoms with Gasteiger partial charge in [0, 0.05) is 25.2 Å². The lowest BCUT2D eigenvalue weighted by atomic mass is 10.1. The van der Waals surface area contributed by atoms with E-state index in [-0.39, 0.29) is 30.0 Å². The monoisotopic (exact) mass is 326 g/mol. The molecule has 0 radical (unpaired) electrons. The van der Waals surface area contributed by atoms with Gasteiger partial charge in [-0.15, -0.1) is 0 Å². The highest BCUT2D eigenvalue weighted by molar-refractivity contribution is 5.97. The number of nitrogens with zero attached hydrogens (tertiary/aromatic N) is 1. The summed E-state index contributed by atoms with van der Waals surface area (Å²) in [5.74, 6) is -0.906. The standard InChI is InChI=1S/C19H19FN2O2/c20-16-6-8-17(9-7-16)21-19(24)15-12-18(23)22(13-15)11-10-14-4-2-1-3-5-14/h1-9,15H,10-13H2,(H,21,24)/t15-/m0/s1. The van der Waals surface area contributed by atoms with E-state index < -0.39 is 0 Å². The quantitative estimate of drug-likeness (QED) is 0.918. The average molecular weight is 326 g/mol. The van der Waals surface area contributed by atoms with Crippen molar-refractivity contribution in [1.29, 1.82) is 0 Å². The summed E-state index contributed by atoms with van der Waals surface area (Å²) in [6, 6.07) is 15.6. The Labute approximate surface area is 140 Å². The third-order valence-electron chi connectivity index (χ3n) is 4.21. The molecule has 1 N–H and O–H groups in total. The number of hydrogen-bond donors (Lipinski definition) is 1. The molecule has 5 heteroatoms. The smallest absolute Gasteiger partial charge is 0.229 e. The summed E-state index contributed by atoms with van der Waals surface area (Å²) in [6.45, 7) is 1.04. The molecule has 2 amide bonds. The van der Waals surface area contributed by atoms with E-state index >= 15 is 0 Å². The number of amides is 2. The SMILES string of the molecule is O=C(Nc1ccc(F)cc1)[C@H]1CC(=O)N(CCc2ccccc2)C1. The number of benzene rings is 2. The maximum Gasteiger partial charge on any atom is 0.229 e. The van der Waals surface area contributed by atoms with Crippen LogP contribution in [-0.2, 0) is 16.0 Å². The van der Waals surface area contributed by atoms with Crippen LogP contribution < -0.4 is 5.32 Å². The fraction of sp³-hybridized carbons (Fsp3) is 0.263. The first-order valence-corrected chi connectivity index (χ1v) is 8.00. The molecule has 0 aromatic heterocycles. The molecule has 0 bridgehead atoms. The van der Waals surface area contributed by atoms with Crippen LogP contribution in [0.3, 0.4) is 0 Å². The number of halogens is 1. The summed E-state index contributed by atoms with van der Waals surface area (Å²) in [6.07, 6.45) is 1.00. The Morgan fingerprint density at radius 3 is 2.54 bits per heavy atom. The Bertz CT molecular complexity index is 716. The molecule has 2 aromatic carbocycles. The van der Waals surface area contributed by atoms with Gasteiger partial charge in [-0.1, -0.05) is 30.3 Å². The largest absolute Gasteiger partial charge is 0.342 e. The summed E-state index contributed by atoms with van der Waals surface area (Å²) in [4.78, 5) is 26.1. The summed E-state index contributed by atoms with van der Waals surface area (Å²) >= 11 is 0. The van der Waals surface area contributed by atoms with Crippen LogP contribution in [0.4, 0.5) is 10.1 Å². The summed E-state index contributed by atoms with van der Waals surface area (Å²) in [5, 5.41) is 2.74. The van der Waals surface area contributed by atoms with E-state index in [1.807, 2.05) is 30.3 Å². The third-order valence-corrected chi connectivity index (χ3v) is 4.21.